The van der Waals surface area contributed by atoms with E-state index in [0.29, 0.717) is 17.4 Å². The molecular formula is C15H27N2O2S+. The van der Waals surface area contributed by atoms with Crippen LogP contribution < -0.4 is 9.62 Å². The monoisotopic (exact) mass is 299 g/mol. The molecule has 0 aliphatic rings. The Labute approximate surface area is 123 Å². The fourth-order valence-electron chi connectivity index (χ4n) is 2.68. The summed E-state index contributed by atoms with van der Waals surface area (Å²) in [7, 11) is 0.709. The predicted octanol–water partition coefficient (Wildman–Crippen LogP) is 0.671. The van der Waals surface area contributed by atoms with E-state index < -0.39 is 10.0 Å². The van der Waals surface area contributed by atoms with Gasteiger partial charge >= 0.3 is 0 Å². The molecule has 1 rings (SSSR count). The minimum Gasteiger partial charge on any atom is -0.340 e. The Morgan fingerprint density at radius 3 is 2.10 bits per heavy atom. The molecule has 0 fully saturated rings. The van der Waals surface area contributed by atoms with Crippen LogP contribution in [0.25, 0.3) is 0 Å². The highest BCUT2D eigenvalue weighted by atomic mass is 32.2. The number of hydrogen-bond acceptors (Lipinski definition) is 2. The van der Waals surface area contributed by atoms with E-state index in [4.69, 9.17) is 0 Å². The molecule has 20 heavy (non-hydrogen) atoms. The number of benzene rings is 1. The molecule has 0 amide bonds. The third-order valence-corrected chi connectivity index (χ3v) is 4.98. The van der Waals surface area contributed by atoms with E-state index in [1.165, 1.54) is 4.90 Å². The van der Waals surface area contributed by atoms with Gasteiger partial charge in [-0.25, -0.2) is 13.1 Å². The van der Waals surface area contributed by atoms with Crippen molar-refractivity contribution < 1.29 is 13.3 Å². The topological polar surface area (TPSA) is 50.6 Å². The van der Waals surface area contributed by atoms with Gasteiger partial charge in [0.25, 0.3) is 0 Å². The first-order chi connectivity index (χ1) is 9.13. The molecule has 0 spiro atoms. The van der Waals surface area contributed by atoms with Crippen molar-refractivity contribution in [2.24, 2.45) is 5.92 Å². The van der Waals surface area contributed by atoms with Gasteiger partial charge < -0.3 is 4.90 Å². The quantitative estimate of drug-likeness (QED) is 0.811. The number of rotatable bonds is 6. The van der Waals surface area contributed by atoms with Gasteiger partial charge in [0.15, 0.2) is 0 Å². The summed E-state index contributed by atoms with van der Waals surface area (Å²) < 4.78 is 27.7. The zero-order valence-corrected chi connectivity index (χ0v) is 14.2. The summed E-state index contributed by atoms with van der Waals surface area (Å²) in [5, 5.41) is 0. The van der Waals surface area contributed by atoms with Gasteiger partial charge in [-0.2, -0.15) is 0 Å². The minimum atomic E-state index is -3.43. The fraction of sp³-hybridized carbons (Fsp3) is 0.600. The van der Waals surface area contributed by atoms with Crippen LogP contribution >= 0.6 is 0 Å². The molecule has 114 valence electrons. The Morgan fingerprint density at radius 1 is 1.15 bits per heavy atom. The molecule has 0 saturated carbocycles. The van der Waals surface area contributed by atoms with Crippen LogP contribution in [0.2, 0.25) is 0 Å². The van der Waals surface area contributed by atoms with E-state index in [0.717, 1.165) is 23.2 Å². The van der Waals surface area contributed by atoms with Crippen LogP contribution in [0.15, 0.2) is 17.0 Å². The molecule has 0 heterocycles. The Balaban J connectivity index is 2.90. The first-order valence-corrected chi connectivity index (χ1v) is 8.48. The van der Waals surface area contributed by atoms with E-state index in [2.05, 4.69) is 25.7 Å². The predicted molar refractivity (Wildman–Crippen MR) is 82.7 cm³/mol. The highest BCUT2D eigenvalue weighted by Gasteiger charge is 2.20. The third kappa shape index (κ3) is 4.58. The first kappa shape index (κ1) is 17.1. The van der Waals surface area contributed by atoms with E-state index >= 15 is 0 Å². The molecule has 0 unspecified atom stereocenters. The van der Waals surface area contributed by atoms with Crippen LogP contribution in [0.5, 0.6) is 0 Å². The van der Waals surface area contributed by atoms with E-state index in [9.17, 15) is 8.42 Å². The van der Waals surface area contributed by atoms with Crippen LogP contribution in [0.4, 0.5) is 0 Å². The SMILES string of the molecule is Cc1cc(C)c(S(=O)(=O)NC[C@@H](C)C[NH+](C)C)c(C)c1. The second-order valence-corrected chi connectivity index (χ2v) is 7.80. The number of quaternary nitrogens is 1. The number of sulfonamides is 1. The zero-order valence-electron chi connectivity index (χ0n) is 13.4. The lowest BCUT2D eigenvalue weighted by Gasteiger charge is -2.17. The van der Waals surface area contributed by atoms with Crippen LogP contribution in [-0.4, -0.2) is 35.6 Å². The summed E-state index contributed by atoms with van der Waals surface area (Å²) in [4.78, 5) is 1.74. The van der Waals surface area contributed by atoms with E-state index in [1.807, 2.05) is 32.9 Å². The van der Waals surface area contributed by atoms with Crippen LogP contribution in [0.3, 0.4) is 0 Å². The van der Waals surface area contributed by atoms with Gasteiger partial charge in [0.1, 0.15) is 0 Å². The fourth-order valence-corrected chi connectivity index (χ4v) is 4.30. The van der Waals surface area contributed by atoms with Crippen molar-refractivity contribution >= 4 is 10.0 Å². The van der Waals surface area contributed by atoms with Gasteiger partial charge in [-0.3, -0.25) is 0 Å². The Bertz CT molecular complexity index is 542. The van der Waals surface area contributed by atoms with Gasteiger partial charge in [0.05, 0.1) is 25.5 Å². The summed E-state index contributed by atoms with van der Waals surface area (Å²) >= 11 is 0. The zero-order chi connectivity index (χ0) is 15.5. The van der Waals surface area contributed by atoms with Crippen molar-refractivity contribution in [3.05, 3.63) is 28.8 Å². The largest absolute Gasteiger partial charge is 0.340 e. The van der Waals surface area contributed by atoms with Crippen LogP contribution in [-0.2, 0) is 10.0 Å². The maximum absolute atomic E-state index is 12.5. The molecule has 0 saturated heterocycles. The van der Waals surface area contributed by atoms with E-state index in [-0.39, 0.29) is 0 Å². The normalized spacial score (nSPS) is 13.8. The standard InChI is InChI=1S/C15H26N2O2S/c1-11-7-13(3)15(14(4)8-11)20(18,19)16-9-12(2)10-17(5)6/h7-8,12,16H,9-10H2,1-6H3/p+1/t12-/m1/s1. The summed E-state index contributed by atoms with van der Waals surface area (Å²) in [6, 6.07) is 3.82. The molecule has 0 aromatic heterocycles. The van der Waals surface area contributed by atoms with Gasteiger partial charge in [-0.15, -0.1) is 0 Å². The van der Waals surface area contributed by atoms with E-state index in [1.54, 1.807) is 0 Å². The summed E-state index contributed by atoms with van der Waals surface area (Å²) in [6.45, 7) is 9.15. The molecule has 1 aromatic rings. The molecular weight excluding hydrogens is 272 g/mol. The average molecular weight is 299 g/mol. The molecule has 1 aromatic carbocycles. The molecule has 0 aliphatic carbocycles. The summed E-state index contributed by atoms with van der Waals surface area (Å²) in [6.07, 6.45) is 0. The summed E-state index contributed by atoms with van der Waals surface area (Å²) in [5.74, 6) is 0.306. The van der Waals surface area contributed by atoms with Crippen molar-refractivity contribution in [3.8, 4) is 0 Å². The molecule has 4 nitrogen and oxygen atoms in total. The van der Waals surface area contributed by atoms with Crippen LogP contribution in [0.1, 0.15) is 23.6 Å². The van der Waals surface area contributed by atoms with Crippen molar-refractivity contribution in [1.29, 1.82) is 0 Å². The Kier molecular flexibility index (Phi) is 5.74. The lowest BCUT2D eigenvalue weighted by atomic mass is 10.1. The lowest BCUT2D eigenvalue weighted by Crippen LogP contribution is -3.06. The molecule has 0 aliphatic heterocycles. The maximum Gasteiger partial charge on any atom is 0.241 e. The third-order valence-electron chi connectivity index (χ3n) is 3.25. The van der Waals surface area contributed by atoms with Crippen molar-refractivity contribution in [3.63, 3.8) is 0 Å². The van der Waals surface area contributed by atoms with Crippen LogP contribution in [0, 0.1) is 26.7 Å². The molecule has 5 heteroatoms. The highest BCUT2D eigenvalue weighted by Crippen LogP contribution is 2.21. The van der Waals surface area contributed by atoms with Crippen molar-refractivity contribution in [2.75, 3.05) is 27.2 Å². The number of hydrogen-bond donors (Lipinski definition) is 2. The second kappa shape index (κ2) is 6.70. The highest BCUT2D eigenvalue weighted by molar-refractivity contribution is 7.89. The lowest BCUT2D eigenvalue weighted by molar-refractivity contribution is -0.861. The number of nitrogens with one attached hydrogen (secondary N) is 2. The van der Waals surface area contributed by atoms with Gasteiger partial charge in [0.2, 0.25) is 10.0 Å². The maximum atomic E-state index is 12.5. The molecule has 2 N–H and O–H groups in total. The first-order valence-electron chi connectivity index (χ1n) is 7.00. The van der Waals surface area contributed by atoms with Gasteiger partial charge in [-0.1, -0.05) is 24.6 Å². The Hall–Kier alpha value is -0.910. The second-order valence-electron chi connectivity index (χ2n) is 6.10. The molecule has 1 atom stereocenters. The number of aryl methyl sites for hydroxylation is 3. The van der Waals surface area contributed by atoms with Gasteiger partial charge in [-0.05, 0) is 31.9 Å². The van der Waals surface area contributed by atoms with Crippen molar-refractivity contribution in [1.82, 2.24) is 4.72 Å². The average Bonchev–Trinajstić information content (AvgIpc) is 2.23. The molecule has 0 bridgehead atoms. The Morgan fingerprint density at radius 2 is 1.65 bits per heavy atom. The van der Waals surface area contributed by atoms with Gasteiger partial charge in [0, 0.05) is 12.5 Å². The van der Waals surface area contributed by atoms with Crippen molar-refractivity contribution in [2.45, 2.75) is 32.6 Å². The summed E-state index contributed by atoms with van der Waals surface area (Å²) in [5.41, 5.74) is 2.70. The minimum absolute atomic E-state index is 0.306. The molecule has 0 radical (unpaired) electrons. The smallest absolute Gasteiger partial charge is 0.241 e.